The molecule has 0 N–H and O–H groups in total. The first kappa shape index (κ1) is 23.1. The number of hydrogen-bond donors (Lipinski definition) is 0. The minimum absolute atomic E-state index is 0.937. The van der Waals surface area contributed by atoms with Crippen LogP contribution in [0.4, 0.5) is 0 Å². The summed E-state index contributed by atoms with van der Waals surface area (Å²) in [6.07, 6.45) is 1.84. The van der Waals surface area contributed by atoms with E-state index in [1.54, 1.807) is 0 Å². The van der Waals surface area contributed by atoms with Gasteiger partial charge in [-0.1, -0.05) is 121 Å². The van der Waals surface area contributed by atoms with E-state index < -0.39 is 0 Å². The molecule has 194 valence electrons. The Kier molecular flexibility index (Phi) is 4.93. The molecular weight excluding hydrogens is 508 g/mol. The number of hydrogen-bond acceptors (Lipinski definition) is 2. The molecule has 2 heterocycles. The third kappa shape index (κ3) is 3.39. The van der Waals surface area contributed by atoms with E-state index in [-0.39, 0.29) is 0 Å². The SMILES string of the molecule is c1cnc2c(c1)ccc1ccc(-c3ccc(-c4ccc5c6ccccc6c6ccccc6c5c4)c4ccccc34)nc12. The second-order valence-corrected chi connectivity index (χ2v) is 11.0. The Bertz CT molecular complexity index is 2490. The molecule has 0 bridgehead atoms. The maximum Gasteiger partial charge on any atom is 0.0972 e. The average molecular weight is 533 g/mol. The van der Waals surface area contributed by atoms with Gasteiger partial charge in [-0.2, -0.15) is 0 Å². The Balaban J connectivity index is 1.27. The molecule has 9 rings (SSSR count). The highest BCUT2D eigenvalue weighted by Crippen LogP contribution is 2.40. The van der Waals surface area contributed by atoms with Crippen LogP contribution in [0.1, 0.15) is 0 Å². The number of fused-ring (bicyclic) bond motifs is 10. The normalized spacial score (nSPS) is 11.8. The zero-order valence-electron chi connectivity index (χ0n) is 22.8. The maximum atomic E-state index is 5.17. The molecule has 0 fully saturated rings. The van der Waals surface area contributed by atoms with Gasteiger partial charge in [0, 0.05) is 22.5 Å². The molecule has 0 saturated carbocycles. The van der Waals surface area contributed by atoms with Crippen molar-refractivity contribution in [2.24, 2.45) is 0 Å². The zero-order valence-corrected chi connectivity index (χ0v) is 22.8. The maximum absolute atomic E-state index is 5.17. The van der Waals surface area contributed by atoms with Gasteiger partial charge in [0.05, 0.1) is 16.7 Å². The molecule has 9 aromatic rings. The molecule has 0 saturated heterocycles. The van der Waals surface area contributed by atoms with Crippen molar-refractivity contribution >= 4 is 64.9 Å². The fourth-order valence-corrected chi connectivity index (χ4v) is 6.72. The van der Waals surface area contributed by atoms with Crippen LogP contribution in [0.25, 0.3) is 87.3 Å². The summed E-state index contributed by atoms with van der Waals surface area (Å²) in [5.74, 6) is 0. The van der Waals surface area contributed by atoms with Crippen molar-refractivity contribution in [1.29, 1.82) is 0 Å². The molecule has 0 aliphatic carbocycles. The Labute approximate surface area is 242 Å². The summed E-state index contributed by atoms with van der Waals surface area (Å²) in [6, 6.07) is 50.2. The predicted octanol–water partition coefficient (Wildman–Crippen LogP) is 10.7. The van der Waals surface area contributed by atoms with Crippen molar-refractivity contribution in [3.05, 3.63) is 146 Å². The van der Waals surface area contributed by atoms with Gasteiger partial charge in [-0.25, -0.2) is 4.98 Å². The lowest BCUT2D eigenvalue weighted by Crippen LogP contribution is -1.91. The van der Waals surface area contributed by atoms with Crippen LogP contribution in [0, 0.1) is 0 Å². The number of aromatic nitrogens is 2. The largest absolute Gasteiger partial charge is 0.254 e. The van der Waals surface area contributed by atoms with Crippen molar-refractivity contribution in [2.75, 3.05) is 0 Å². The van der Waals surface area contributed by atoms with E-state index in [1.165, 1.54) is 54.2 Å². The van der Waals surface area contributed by atoms with Gasteiger partial charge in [0.2, 0.25) is 0 Å². The van der Waals surface area contributed by atoms with E-state index in [2.05, 4.69) is 138 Å². The van der Waals surface area contributed by atoms with Gasteiger partial charge in [-0.15, -0.1) is 0 Å². The summed E-state index contributed by atoms with van der Waals surface area (Å²) in [7, 11) is 0. The van der Waals surface area contributed by atoms with Gasteiger partial charge >= 0.3 is 0 Å². The third-order valence-corrected chi connectivity index (χ3v) is 8.69. The van der Waals surface area contributed by atoms with Crippen molar-refractivity contribution in [3.63, 3.8) is 0 Å². The molecule has 0 spiro atoms. The average Bonchev–Trinajstić information content (AvgIpc) is 3.07. The monoisotopic (exact) mass is 532 g/mol. The van der Waals surface area contributed by atoms with E-state index in [4.69, 9.17) is 4.98 Å². The molecule has 2 aromatic heterocycles. The third-order valence-electron chi connectivity index (χ3n) is 8.69. The van der Waals surface area contributed by atoms with Crippen LogP contribution in [0.3, 0.4) is 0 Å². The highest BCUT2D eigenvalue weighted by Gasteiger charge is 2.14. The summed E-state index contributed by atoms with van der Waals surface area (Å²) in [5, 5.41) is 12.4. The van der Waals surface area contributed by atoms with Crippen molar-refractivity contribution in [2.45, 2.75) is 0 Å². The molecule has 0 atom stereocenters. The summed E-state index contributed by atoms with van der Waals surface area (Å²) in [5.41, 5.74) is 6.40. The molecule has 0 aliphatic rings. The van der Waals surface area contributed by atoms with Crippen LogP contribution < -0.4 is 0 Å². The van der Waals surface area contributed by atoms with Crippen LogP contribution in [0.15, 0.2) is 146 Å². The van der Waals surface area contributed by atoms with Crippen LogP contribution in [-0.2, 0) is 0 Å². The number of nitrogens with zero attached hydrogens (tertiary/aromatic N) is 2. The minimum Gasteiger partial charge on any atom is -0.254 e. The Morgan fingerprint density at radius 1 is 0.357 bits per heavy atom. The highest BCUT2D eigenvalue weighted by molar-refractivity contribution is 6.26. The topological polar surface area (TPSA) is 25.8 Å². The van der Waals surface area contributed by atoms with Gasteiger partial charge in [-0.3, -0.25) is 4.98 Å². The summed E-state index contributed by atoms with van der Waals surface area (Å²) >= 11 is 0. The predicted molar refractivity (Wildman–Crippen MR) is 178 cm³/mol. The Hall–Kier alpha value is -5.60. The van der Waals surface area contributed by atoms with Gasteiger partial charge in [-0.05, 0) is 72.4 Å². The second kappa shape index (κ2) is 8.95. The molecule has 2 heteroatoms. The fraction of sp³-hybridized carbons (Fsp3) is 0. The number of pyridine rings is 2. The van der Waals surface area contributed by atoms with Gasteiger partial charge in [0.15, 0.2) is 0 Å². The molecule has 42 heavy (non-hydrogen) atoms. The molecule has 0 unspecified atom stereocenters. The summed E-state index contributed by atoms with van der Waals surface area (Å²) in [6.45, 7) is 0. The molecule has 0 aliphatic heterocycles. The Morgan fingerprint density at radius 3 is 1.62 bits per heavy atom. The van der Waals surface area contributed by atoms with Crippen molar-refractivity contribution < 1.29 is 0 Å². The lowest BCUT2D eigenvalue weighted by molar-refractivity contribution is 1.37. The van der Waals surface area contributed by atoms with Crippen LogP contribution >= 0.6 is 0 Å². The molecule has 7 aromatic carbocycles. The van der Waals surface area contributed by atoms with Crippen LogP contribution in [-0.4, -0.2) is 9.97 Å². The van der Waals surface area contributed by atoms with E-state index in [9.17, 15) is 0 Å². The van der Waals surface area contributed by atoms with Gasteiger partial charge < -0.3 is 0 Å². The summed E-state index contributed by atoms with van der Waals surface area (Å²) < 4.78 is 0. The van der Waals surface area contributed by atoms with Gasteiger partial charge in [0.25, 0.3) is 0 Å². The second-order valence-electron chi connectivity index (χ2n) is 11.0. The smallest absolute Gasteiger partial charge is 0.0972 e. The lowest BCUT2D eigenvalue weighted by atomic mass is 9.90. The number of rotatable bonds is 2. The summed E-state index contributed by atoms with van der Waals surface area (Å²) in [4.78, 5) is 9.83. The highest BCUT2D eigenvalue weighted by atomic mass is 14.8. The fourth-order valence-electron chi connectivity index (χ4n) is 6.72. The molecule has 0 amide bonds. The van der Waals surface area contributed by atoms with E-state index in [1.807, 2.05) is 12.3 Å². The first-order valence-corrected chi connectivity index (χ1v) is 14.3. The van der Waals surface area contributed by atoms with Gasteiger partial charge in [0.1, 0.15) is 0 Å². The van der Waals surface area contributed by atoms with E-state index >= 15 is 0 Å². The Morgan fingerprint density at radius 2 is 0.905 bits per heavy atom. The molecule has 2 nitrogen and oxygen atoms in total. The molecular formula is C40H24N2. The first-order valence-electron chi connectivity index (χ1n) is 14.3. The minimum atomic E-state index is 0.937. The van der Waals surface area contributed by atoms with E-state index in [0.717, 1.165) is 33.1 Å². The number of benzene rings is 7. The first-order chi connectivity index (χ1) is 20.8. The van der Waals surface area contributed by atoms with Crippen LogP contribution in [0.2, 0.25) is 0 Å². The quantitative estimate of drug-likeness (QED) is 0.207. The van der Waals surface area contributed by atoms with Crippen molar-refractivity contribution in [1.82, 2.24) is 9.97 Å². The lowest BCUT2D eigenvalue weighted by Gasteiger charge is -2.15. The van der Waals surface area contributed by atoms with Crippen molar-refractivity contribution in [3.8, 4) is 22.4 Å². The van der Waals surface area contributed by atoms with E-state index in [0.29, 0.717) is 0 Å². The van der Waals surface area contributed by atoms with Crippen LogP contribution in [0.5, 0.6) is 0 Å². The zero-order chi connectivity index (χ0) is 27.6. The molecule has 0 radical (unpaired) electrons. The standard InChI is InChI=1S/C40H24N2/c1-5-13-33-29(9-1)28(20-21-36(33)38-22-18-26-16-15-25-8-7-23-41-39(25)40(26)42-38)27-17-19-35-32-12-3-2-10-30(32)31-11-4-6-14-34(31)37(35)24-27/h1-24H.